The highest BCUT2D eigenvalue weighted by atomic mass is 35.5. The van der Waals surface area contributed by atoms with E-state index in [0.29, 0.717) is 24.2 Å². The molecule has 2 bridgehead atoms. The highest BCUT2D eigenvalue weighted by Gasteiger charge is 2.73. The number of amides is 1. The average Bonchev–Trinajstić information content (AvgIpc) is 3.65. The number of nitrogens with zero attached hydrogens (tertiary/aromatic N) is 1. The molecule has 0 aromatic heterocycles. The Morgan fingerprint density at radius 2 is 1.87 bits per heavy atom. The summed E-state index contributed by atoms with van der Waals surface area (Å²) in [7, 11) is 0. The number of ether oxygens (including phenoxy) is 1. The van der Waals surface area contributed by atoms with Crippen LogP contribution >= 0.6 is 12.4 Å². The maximum atomic E-state index is 13.5. The molecule has 3 fully saturated rings. The molecular weight excluding hydrogens is 500 g/mol. The van der Waals surface area contributed by atoms with Gasteiger partial charge in [-0.1, -0.05) is 36.4 Å². The molecule has 38 heavy (non-hydrogen) atoms. The summed E-state index contributed by atoms with van der Waals surface area (Å²) in [6, 6.07) is 17.4. The average molecular weight is 533 g/mol. The minimum atomic E-state index is -0.943. The van der Waals surface area contributed by atoms with Gasteiger partial charge in [0.05, 0.1) is 17.1 Å². The van der Waals surface area contributed by atoms with Crippen molar-refractivity contribution in [2.75, 3.05) is 13.1 Å². The van der Waals surface area contributed by atoms with Crippen LogP contribution < -0.4 is 10.1 Å². The molecule has 3 aromatic rings. The molecule has 2 aliphatic heterocycles. The lowest BCUT2D eigenvalue weighted by Crippen LogP contribution is -2.78. The van der Waals surface area contributed by atoms with Crippen LogP contribution in [-0.2, 0) is 11.8 Å². The van der Waals surface area contributed by atoms with Crippen molar-refractivity contribution in [2.45, 2.75) is 67.7 Å². The fraction of sp³-hybridized carbons (Fsp3) is 0.452. The number of aliphatic hydroxyl groups is 1. The van der Waals surface area contributed by atoms with Crippen LogP contribution in [0.15, 0.2) is 54.6 Å². The van der Waals surface area contributed by atoms with E-state index in [0.717, 1.165) is 48.2 Å². The monoisotopic (exact) mass is 532 g/mol. The van der Waals surface area contributed by atoms with Crippen LogP contribution in [0.25, 0.3) is 10.8 Å². The van der Waals surface area contributed by atoms with Crippen LogP contribution in [0.5, 0.6) is 11.5 Å². The summed E-state index contributed by atoms with van der Waals surface area (Å²) in [5.41, 5.74) is 1.22. The summed E-state index contributed by atoms with van der Waals surface area (Å²) >= 11 is 0. The number of hydrogen-bond acceptors (Lipinski definition) is 5. The number of phenolic OH excluding ortho intramolecular Hbond substituents is 1. The Labute approximate surface area is 228 Å². The van der Waals surface area contributed by atoms with Gasteiger partial charge in [-0.3, -0.25) is 9.69 Å². The van der Waals surface area contributed by atoms with Crippen molar-refractivity contribution in [1.29, 1.82) is 0 Å². The molecule has 1 saturated heterocycles. The molecule has 198 valence electrons. The number of halogens is 1. The number of benzene rings is 3. The molecule has 3 aromatic carbocycles. The highest BCUT2D eigenvalue weighted by Crippen LogP contribution is 2.65. The topological polar surface area (TPSA) is 82.0 Å². The summed E-state index contributed by atoms with van der Waals surface area (Å²) in [4.78, 5) is 16.0. The molecule has 5 aliphatic rings. The van der Waals surface area contributed by atoms with Gasteiger partial charge in [-0.25, -0.2) is 0 Å². The van der Waals surface area contributed by atoms with Crippen LogP contribution in [0.3, 0.4) is 0 Å². The number of carbonyl (C=O) groups is 1. The van der Waals surface area contributed by atoms with Gasteiger partial charge in [0, 0.05) is 23.7 Å². The maximum Gasteiger partial charge on any atom is 0.251 e. The molecule has 0 unspecified atom stereocenters. The largest absolute Gasteiger partial charge is 0.504 e. The van der Waals surface area contributed by atoms with Crippen molar-refractivity contribution in [1.82, 2.24) is 10.2 Å². The lowest BCUT2D eigenvalue weighted by Gasteiger charge is -2.64. The minimum absolute atomic E-state index is 0. The van der Waals surface area contributed by atoms with Gasteiger partial charge in [0.2, 0.25) is 0 Å². The molecule has 3 N–H and O–H groups in total. The third-order valence-corrected chi connectivity index (χ3v) is 10.1. The van der Waals surface area contributed by atoms with Gasteiger partial charge in [0.1, 0.15) is 6.10 Å². The zero-order valence-corrected chi connectivity index (χ0v) is 22.0. The number of nitrogens with one attached hydrogen (secondary N) is 1. The number of aromatic hydroxyl groups is 1. The van der Waals surface area contributed by atoms with Gasteiger partial charge in [0.15, 0.2) is 11.5 Å². The first-order valence-corrected chi connectivity index (χ1v) is 13.8. The van der Waals surface area contributed by atoms with Crippen LogP contribution in [0, 0.1) is 5.92 Å². The quantitative estimate of drug-likeness (QED) is 0.466. The van der Waals surface area contributed by atoms with Crippen LogP contribution in [-0.4, -0.2) is 57.9 Å². The summed E-state index contributed by atoms with van der Waals surface area (Å²) < 4.78 is 6.58. The Kier molecular flexibility index (Phi) is 5.33. The molecule has 2 saturated carbocycles. The SMILES string of the molecule is Cl.O=C(N[C@@H]1CC[C@@]2(O)[C@H]3Cc4ccc(O)c5c4[C@@]2(CCN3CC2CC2)[C@H]1O5)c1ccc2ccccc2c1. The molecule has 1 amide bonds. The molecule has 3 aliphatic carbocycles. The van der Waals surface area contributed by atoms with Crippen molar-refractivity contribution < 1.29 is 19.7 Å². The molecule has 5 atom stereocenters. The zero-order valence-electron chi connectivity index (χ0n) is 21.2. The number of likely N-dealkylation sites (tertiary alicyclic amines) is 1. The third kappa shape index (κ3) is 3.17. The van der Waals surface area contributed by atoms with E-state index < -0.39 is 17.1 Å². The molecule has 6 nitrogen and oxygen atoms in total. The summed E-state index contributed by atoms with van der Waals surface area (Å²) in [6.07, 6.45) is 4.95. The number of rotatable bonds is 4. The predicted octanol–water partition coefficient (Wildman–Crippen LogP) is 4.33. The Bertz CT molecular complexity index is 1460. The van der Waals surface area contributed by atoms with Crippen LogP contribution in [0.1, 0.15) is 53.6 Å². The van der Waals surface area contributed by atoms with Gasteiger partial charge < -0.3 is 20.3 Å². The third-order valence-electron chi connectivity index (χ3n) is 10.1. The zero-order chi connectivity index (χ0) is 24.9. The van der Waals surface area contributed by atoms with Crippen molar-refractivity contribution in [3.05, 3.63) is 71.3 Å². The van der Waals surface area contributed by atoms with Crippen molar-refractivity contribution in [3.8, 4) is 11.5 Å². The standard InChI is InChI=1S/C31H32N2O4.ClH/c34-24-10-9-21-16-25-31(36)12-11-23(32-29(35)22-8-7-19-3-1-2-4-20(19)15-22)28-30(31,26(21)27(24)37-28)13-14-33(25)17-18-5-6-18;/h1-4,7-10,15,18,23,25,28,34,36H,5-6,11-14,16-17H2,(H,32,35);1H/t23-,25-,28+,30+,31-;/m1./s1. The van der Waals surface area contributed by atoms with E-state index in [4.69, 9.17) is 4.74 Å². The predicted molar refractivity (Wildman–Crippen MR) is 147 cm³/mol. The van der Waals surface area contributed by atoms with E-state index in [9.17, 15) is 15.0 Å². The van der Waals surface area contributed by atoms with E-state index in [1.165, 1.54) is 18.4 Å². The number of fused-ring (bicyclic) bond motifs is 1. The molecular formula is C31H33ClN2O4. The van der Waals surface area contributed by atoms with Crippen molar-refractivity contribution >= 4 is 29.1 Å². The van der Waals surface area contributed by atoms with E-state index in [-0.39, 0.29) is 36.1 Å². The van der Waals surface area contributed by atoms with Gasteiger partial charge >= 0.3 is 0 Å². The van der Waals surface area contributed by atoms with Gasteiger partial charge in [0.25, 0.3) is 5.91 Å². The second-order valence-electron chi connectivity index (χ2n) is 12.0. The first-order chi connectivity index (χ1) is 18.0. The maximum absolute atomic E-state index is 13.5. The number of hydrogen-bond donors (Lipinski definition) is 3. The number of carbonyl (C=O) groups excluding carboxylic acids is 1. The lowest BCUT2D eigenvalue weighted by atomic mass is 9.48. The van der Waals surface area contributed by atoms with Gasteiger partial charge in [-0.15, -0.1) is 12.4 Å². The molecule has 2 heterocycles. The lowest BCUT2D eigenvalue weighted by molar-refractivity contribution is -0.191. The van der Waals surface area contributed by atoms with Crippen LogP contribution in [0.2, 0.25) is 0 Å². The molecule has 1 spiro atoms. The second kappa shape index (κ2) is 8.35. The fourth-order valence-electron chi connectivity index (χ4n) is 8.21. The van der Waals surface area contributed by atoms with E-state index >= 15 is 0 Å². The minimum Gasteiger partial charge on any atom is -0.504 e. The Morgan fingerprint density at radius 1 is 1.05 bits per heavy atom. The first-order valence-electron chi connectivity index (χ1n) is 13.8. The van der Waals surface area contributed by atoms with E-state index in [2.05, 4.69) is 10.2 Å². The first kappa shape index (κ1) is 24.3. The molecule has 8 rings (SSSR count). The molecule has 0 radical (unpaired) electrons. The van der Waals surface area contributed by atoms with Crippen molar-refractivity contribution in [2.24, 2.45) is 5.92 Å². The van der Waals surface area contributed by atoms with E-state index in [1.54, 1.807) is 6.07 Å². The second-order valence-corrected chi connectivity index (χ2v) is 12.0. The van der Waals surface area contributed by atoms with Gasteiger partial charge in [-0.05, 0) is 85.5 Å². The summed E-state index contributed by atoms with van der Waals surface area (Å²) in [5.74, 6) is 1.27. The molecule has 7 heteroatoms. The fourth-order valence-corrected chi connectivity index (χ4v) is 8.21. The van der Waals surface area contributed by atoms with E-state index in [1.807, 2.05) is 48.5 Å². The van der Waals surface area contributed by atoms with Gasteiger partial charge in [-0.2, -0.15) is 0 Å². The smallest absolute Gasteiger partial charge is 0.251 e. The number of piperidine rings is 1. The van der Waals surface area contributed by atoms with Crippen molar-refractivity contribution in [3.63, 3.8) is 0 Å². The van der Waals surface area contributed by atoms with Crippen LogP contribution in [0.4, 0.5) is 0 Å². The normalized spacial score (nSPS) is 32.7. The highest BCUT2D eigenvalue weighted by molar-refractivity contribution is 5.98. The Morgan fingerprint density at radius 3 is 2.68 bits per heavy atom. The summed E-state index contributed by atoms with van der Waals surface area (Å²) in [6.45, 7) is 1.96. The summed E-state index contributed by atoms with van der Waals surface area (Å²) in [5, 5.41) is 28.8. The Hall–Kier alpha value is -2.80. The number of phenols is 1. The Balaban J connectivity index is 0.00000242.